The average Bonchev–Trinajstić information content (AvgIpc) is 3.52. The number of nitrogens with one attached hydrogen (secondary N) is 1. The second-order valence-corrected chi connectivity index (χ2v) is 11.9. The van der Waals surface area contributed by atoms with Crippen LogP contribution in [0.1, 0.15) is 52.5 Å². The molecule has 0 radical (unpaired) electrons. The third kappa shape index (κ3) is 7.74. The zero-order valence-corrected chi connectivity index (χ0v) is 21.5. The summed E-state index contributed by atoms with van der Waals surface area (Å²) in [7, 11) is -4.15. The lowest BCUT2D eigenvalue weighted by atomic mass is 9.91. The molecule has 1 fully saturated rings. The van der Waals surface area contributed by atoms with Gasteiger partial charge in [0.05, 0.1) is 0 Å². The molecule has 1 saturated carbocycles. The largest absolute Gasteiger partial charge is 0.379 e. The van der Waals surface area contributed by atoms with E-state index in [0.717, 1.165) is 12.8 Å². The van der Waals surface area contributed by atoms with Crippen LogP contribution in [0.3, 0.4) is 0 Å². The highest BCUT2D eigenvalue weighted by atomic mass is 35.5. The zero-order valence-electron chi connectivity index (χ0n) is 19.9. The minimum absolute atomic E-state index is 0.0155. The number of halogens is 1. The van der Waals surface area contributed by atoms with E-state index in [2.05, 4.69) is 5.32 Å². The van der Waals surface area contributed by atoms with Crippen LogP contribution in [0.2, 0.25) is 5.02 Å². The van der Waals surface area contributed by atoms with Gasteiger partial charge in [0, 0.05) is 42.7 Å². The maximum atomic E-state index is 13.0. The van der Waals surface area contributed by atoms with Crippen molar-refractivity contribution >= 4 is 39.2 Å². The summed E-state index contributed by atoms with van der Waals surface area (Å²) in [5, 5.41) is 3.02. The van der Waals surface area contributed by atoms with Crippen molar-refractivity contribution in [3.8, 4) is 5.75 Å². The molecule has 0 saturated heterocycles. The third-order valence-electron chi connectivity index (χ3n) is 5.26. The lowest BCUT2D eigenvalue weighted by molar-refractivity contribution is -0.134. The third-order valence-corrected chi connectivity index (χ3v) is 6.74. The van der Waals surface area contributed by atoms with E-state index >= 15 is 0 Å². The summed E-state index contributed by atoms with van der Waals surface area (Å²) in [6.07, 6.45) is 2.55. The summed E-state index contributed by atoms with van der Waals surface area (Å²) in [6.45, 7) is 8.23. The lowest BCUT2D eigenvalue weighted by Gasteiger charge is -2.27. The van der Waals surface area contributed by atoms with Gasteiger partial charge in [-0.1, -0.05) is 32.4 Å². The van der Waals surface area contributed by atoms with Gasteiger partial charge in [0.15, 0.2) is 0 Å². The van der Waals surface area contributed by atoms with Crippen LogP contribution >= 0.6 is 11.6 Å². The van der Waals surface area contributed by atoms with Gasteiger partial charge in [-0.05, 0) is 66.6 Å². The van der Waals surface area contributed by atoms with Crippen LogP contribution < -0.4 is 9.50 Å². The fourth-order valence-corrected chi connectivity index (χ4v) is 4.62. The van der Waals surface area contributed by atoms with Gasteiger partial charge in [-0.25, -0.2) is 0 Å². The molecular weight excluding hydrogens is 476 g/mol. The standard InChI is InChI=1S/C25H31ClN2O5S/c1-17(29)27-21-8-10-22(11-9-21)34(31,32)33-23-12-7-20(26)13-19(23)16-28(15-18-5-6-18)24(30)14-25(2,3)4/h7-13,18H,5-6,14-16H2,1-4H3,(H,27,29). The Morgan fingerprint density at radius 2 is 1.76 bits per heavy atom. The fourth-order valence-electron chi connectivity index (χ4n) is 3.47. The first-order valence-corrected chi connectivity index (χ1v) is 13.0. The van der Waals surface area contributed by atoms with Gasteiger partial charge in [0.1, 0.15) is 10.6 Å². The first kappa shape index (κ1) is 26.0. The molecule has 0 heterocycles. The topological polar surface area (TPSA) is 92.8 Å². The Balaban J connectivity index is 1.84. The van der Waals surface area contributed by atoms with Gasteiger partial charge in [-0.15, -0.1) is 0 Å². The monoisotopic (exact) mass is 506 g/mol. The molecule has 184 valence electrons. The van der Waals surface area contributed by atoms with Crippen molar-refractivity contribution < 1.29 is 22.2 Å². The number of hydrogen-bond donors (Lipinski definition) is 1. The minimum atomic E-state index is -4.15. The van der Waals surface area contributed by atoms with Crippen molar-refractivity contribution in [1.82, 2.24) is 4.90 Å². The molecule has 1 N–H and O–H groups in total. The summed E-state index contributed by atoms with van der Waals surface area (Å²) >= 11 is 6.21. The molecule has 0 aromatic heterocycles. The smallest absolute Gasteiger partial charge is 0.339 e. The Morgan fingerprint density at radius 3 is 2.32 bits per heavy atom. The molecule has 0 unspecified atom stereocenters. The van der Waals surface area contributed by atoms with Crippen LogP contribution in [-0.4, -0.2) is 31.7 Å². The minimum Gasteiger partial charge on any atom is -0.379 e. The molecule has 7 nitrogen and oxygen atoms in total. The molecule has 2 amide bonds. The summed E-state index contributed by atoms with van der Waals surface area (Å²) in [6, 6.07) is 10.4. The molecule has 1 aliphatic carbocycles. The molecule has 9 heteroatoms. The molecule has 2 aromatic carbocycles. The van der Waals surface area contributed by atoms with Crippen molar-refractivity contribution in [3.63, 3.8) is 0 Å². The Hall–Kier alpha value is -2.58. The van der Waals surface area contributed by atoms with Gasteiger partial charge in [-0.3, -0.25) is 9.59 Å². The van der Waals surface area contributed by atoms with Crippen LogP contribution in [0.25, 0.3) is 0 Å². The first-order chi connectivity index (χ1) is 15.8. The quantitative estimate of drug-likeness (QED) is 0.469. The number of benzene rings is 2. The van der Waals surface area contributed by atoms with E-state index in [1.807, 2.05) is 20.8 Å². The first-order valence-electron chi connectivity index (χ1n) is 11.2. The number of carbonyl (C=O) groups excluding carboxylic acids is 2. The molecule has 1 aliphatic rings. The van der Waals surface area contributed by atoms with E-state index in [9.17, 15) is 18.0 Å². The van der Waals surface area contributed by atoms with Crippen molar-refractivity contribution in [1.29, 1.82) is 0 Å². The van der Waals surface area contributed by atoms with Crippen molar-refractivity contribution in [2.75, 3.05) is 11.9 Å². The van der Waals surface area contributed by atoms with E-state index in [-0.39, 0.29) is 34.4 Å². The van der Waals surface area contributed by atoms with E-state index in [0.29, 0.717) is 35.2 Å². The Labute approximate surface area is 206 Å². The van der Waals surface area contributed by atoms with Crippen LogP contribution in [0.5, 0.6) is 5.75 Å². The van der Waals surface area contributed by atoms with E-state index in [1.165, 1.54) is 37.3 Å². The lowest BCUT2D eigenvalue weighted by Crippen LogP contribution is -2.35. The number of rotatable bonds is 9. The molecule has 2 aromatic rings. The molecule has 3 rings (SSSR count). The number of hydrogen-bond acceptors (Lipinski definition) is 5. The maximum Gasteiger partial charge on any atom is 0.339 e. The van der Waals surface area contributed by atoms with E-state index in [1.54, 1.807) is 17.0 Å². The summed E-state index contributed by atoms with van der Waals surface area (Å²) in [4.78, 5) is 26.0. The van der Waals surface area contributed by atoms with Gasteiger partial charge in [0.2, 0.25) is 11.8 Å². The van der Waals surface area contributed by atoms with Gasteiger partial charge >= 0.3 is 10.1 Å². The molecule has 0 bridgehead atoms. The second-order valence-electron chi connectivity index (χ2n) is 9.95. The fraction of sp³-hybridized carbons (Fsp3) is 0.440. The highest BCUT2D eigenvalue weighted by molar-refractivity contribution is 7.87. The summed E-state index contributed by atoms with van der Waals surface area (Å²) in [5.74, 6) is 0.356. The Morgan fingerprint density at radius 1 is 1.12 bits per heavy atom. The predicted octanol–water partition coefficient (Wildman–Crippen LogP) is 5.24. The SMILES string of the molecule is CC(=O)Nc1ccc(S(=O)(=O)Oc2ccc(Cl)cc2CN(CC2CC2)C(=O)CC(C)(C)C)cc1. The summed E-state index contributed by atoms with van der Waals surface area (Å²) < 4.78 is 31.4. The van der Waals surface area contributed by atoms with Crippen LogP contribution in [-0.2, 0) is 26.3 Å². The number of anilines is 1. The molecule has 34 heavy (non-hydrogen) atoms. The van der Waals surface area contributed by atoms with Crippen LogP contribution in [0, 0.1) is 11.3 Å². The zero-order chi connectivity index (χ0) is 25.1. The molecular formula is C25H31ClN2O5S. The molecule has 0 spiro atoms. The van der Waals surface area contributed by atoms with Crippen molar-refractivity contribution in [3.05, 3.63) is 53.1 Å². The number of amides is 2. The van der Waals surface area contributed by atoms with E-state index < -0.39 is 10.1 Å². The maximum absolute atomic E-state index is 13.0. The number of carbonyl (C=O) groups is 2. The van der Waals surface area contributed by atoms with Crippen LogP contribution in [0.4, 0.5) is 5.69 Å². The molecule has 0 atom stereocenters. The van der Waals surface area contributed by atoms with Crippen molar-refractivity contribution in [2.45, 2.75) is 58.4 Å². The van der Waals surface area contributed by atoms with Crippen LogP contribution in [0.15, 0.2) is 47.4 Å². The average molecular weight is 507 g/mol. The number of nitrogens with zero attached hydrogens (tertiary/aromatic N) is 1. The Kier molecular flexibility index (Phi) is 7.93. The highest BCUT2D eigenvalue weighted by Gasteiger charge is 2.30. The van der Waals surface area contributed by atoms with Gasteiger partial charge in [-0.2, -0.15) is 8.42 Å². The predicted molar refractivity (Wildman–Crippen MR) is 132 cm³/mol. The molecule has 0 aliphatic heterocycles. The summed E-state index contributed by atoms with van der Waals surface area (Å²) in [5.41, 5.74) is 0.833. The van der Waals surface area contributed by atoms with E-state index in [4.69, 9.17) is 15.8 Å². The van der Waals surface area contributed by atoms with Gasteiger partial charge in [0.25, 0.3) is 0 Å². The second kappa shape index (κ2) is 10.4. The normalized spacial score (nSPS) is 13.9. The van der Waals surface area contributed by atoms with Gasteiger partial charge < -0.3 is 14.4 Å². The van der Waals surface area contributed by atoms with Crippen molar-refractivity contribution in [2.24, 2.45) is 11.3 Å². The Bertz CT molecular complexity index is 1150. The highest BCUT2D eigenvalue weighted by Crippen LogP contribution is 2.33.